The number of benzene rings is 2. The third-order valence-electron chi connectivity index (χ3n) is 5.63. The Labute approximate surface area is 173 Å². The molecule has 0 N–H and O–H groups in total. The number of carbonyl (C=O) groups is 1. The Morgan fingerprint density at radius 2 is 1.76 bits per heavy atom. The topological polar surface area (TPSA) is 32.8 Å². The Hall–Kier alpha value is -2.40. The minimum atomic E-state index is -0.218. The van der Waals surface area contributed by atoms with Gasteiger partial charge in [-0.3, -0.25) is 9.69 Å². The molecule has 1 fully saturated rings. The largest absolute Gasteiger partial charge is 0.483 e. The van der Waals surface area contributed by atoms with Gasteiger partial charge >= 0.3 is 0 Å². The van der Waals surface area contributed by atoms with Gasteiger partial charge in [0, 0.05) is 31.7 Å². The number of halogens is 1. The van der Waals surface area contributed by atoms with Crippen LogP contribution in [0.4, 0.5) is 4.39 Å². The Morgan fingerprint density at radius 3 is 2.45 bits per heavy atom. The van der Waals surface area contributed by atoms with Gasteiger partial charge in [-0.2, -0.15) is 0 Å². The van der Waals surface area contributed by atoms with E-state index in [-0.39, 0.29) is 30.4 Å². The average Bonchev–Trinajstić information content (AvgIpc) is 2.70. The van der Waals surface area contributed by atoms with Gasteiger partial charge in [-0.25, -0.2) is 4.39 Å². The predicted molar refractivity (Wildman–Crippen MR) is 113 cm³/mol. The zero-order chi connectivity index (χ0) is 21.0. The number of amides is 1. The molecule has 1 saturated heterocycles. The van der Waals surface area contributed by atoms with Gasteiger partial charge in [0.15, 0.2) is 6.61 Å². The molecule has 0 saturated carbocycles. The quantitative estimate of drug-likeness (QED) is 0.721. The van der Waals surface area contributed by atoms with Crippen LogP contribution < -0.4 is 4.74 Å². The fourth-order valence-corrected chi connectivity index (χ4v) is 3.90. The molecule has 156 valence electrons. The molecule has 2 aromatic carbocycles. The molecule has 0 unspecified atom stereocenters. The molecule has 0 bridgehead atoms. The summed E-state index contributed by atoms with van der Waals surface area (Å²) in [4.78, 5) is 17.1. The van der Waals surface area contributed by atoms with Gasteiger partial charge in [0.1, 0.15) is 11.6 Å². The van der Waals surface area contributed by atoms with E-state index in [1.165, 1.54) is 12.1 Å². The van der Waals surface area contributed by atoms with E-state index in [1.807, 2.05) is 41.3 Å². The number of piperazine rings is 1. The van der Waals surface area contributed by atoms with E-state index in [4.69, 9.17) is 4.74 Å². The highest BCUT2D eigenvalue weighted by Gasteiger charge is 2.32. The van der Waals surface area contributed by atoms with Crippen LogP contribution in [0.2, 0.25) is 0 Å². The summed E-state index contributed by atoms with van der Waals surface area (Å²) < 4.78 is 19.0. The normalized spacial score (nSPS) is 20.1. The molecule has 0 aliphatic carbocycles. The molecule has 1 aliphatic heterocycles. The maximum atomic E-state index is 13.1. The van der Waals surface area contributed by atoms with Crippen molar-refractivity contribution in [2.45, 2.75) is 52.2 Å². The summed E-state index contributed by atoms with van der Waals surface area (Å²) in [5.41, 5.74) is 2.20. The second kappa shape index (κ2) is 9.40. The second-order valence-electron chi connectivity index (χ2n) is 8.28. The molecule has 29 heavy (non-hydrogen) atoms. The van der Waals surface area contributed by atoms with Crippen molar-refractivity contribution in [2.24, 2.45) is 0 Å². The summed E-state index contributed by atoms with van der Waals surface area (Å²) in [6.45, 7) is 10.7. The summed E-state index contributed by atoms with van der Waals surface area (Å²) in [6.07, 6.45) is 0. The molecule has 4 nitrogen and oxygen atoms in total. The number of rotatable bonds is 6. The zero-order valence-electron chi connectivity index (χ0n) is 17.8. The molecule has 2 aromatic rings. The molecule has 1 amide bonds. The highest BCUT2D eigenvalue weighted by atomic mass is 19.1. The summed E-state index contributed by atoms with van der Waals surface area (Å²) in [7, 11) is 0. The van der Waals surface area contributed by atoms with Crippen LogP contribution in [0.1, 0.15) is 44.7 Å². The van der Waals surface area contributed by atoms with E-state index >= 15 is 0 Å². The van der Waals surface area contributed by atoms with Crippen molar-refractivity contribution in [1.82, 2.24) is 9.80 Å². The minimum absolute atomic E-state index is 0.0179. The monoisotopic (exact) mass is 398 g/mol. The lowest BCUT2D eigenvalue weighted by atomic mass is 10.0. The lowest BCUT2D eigenvalue weighted by Gasteiger charge is -2.44. The first-order chi connectivity index (χ1) is 13.8. The molecular weight excluding hydrogens is 367 g/mol. The smallest absolute Gasteiger partial charge is 0.260 e. The van der Waals surface area contributed by atoms with E-state index in [9.17, 15) is 9.18 Å². The van der Waals surface area contributed by atoms with Gasteiger partial charge in [0.05, 0.1) is 0 Å². The van der Waals surface area contributed by atoms with E-state index in [0.717, 1.165) is 30.0 Å². The number of para-hydroxylation sites is 1. The Kier molecular flexibility index (Phi) is 6.91. The molecule has 0 aromatic heterocycles. The first kappa shape index (κ1) is 21.3. The minimum Gasteiger partial charge on any atom is -0.483 e. The summed E-state index contributed by atoms with van der Waals surface area (Å²) in [5, 5.41) is 0. The van der Waals surface area contributed by atoms with Crippen molar-refractivity contribution >= 4 is 5.91 Å². The molecule has 1 heterocycles. The van der Waals surface area contributed by atoms with Crippen LogP contribution in [0.25, 0.3) is 0 Å². The first-order valence-corrected chi connectivity index (χ1v) is 10.3. The summed E-state index contributed by atoms with van der Waals surface area (Å²) in [5.74, 6) is 0.927. The van der Waals surface area contributed by atoms with Crippen LogP contribution in [0.5, 0.6) is 5.75 Å². The van der Waals surface area contributed by atoms with Crippen LogP contribution in [0.15, 0.2) is 48.5 Å². The van der Waals surface area contributed by atoms with E-state index in [0.29, 0.717) is 12.5 Å². The Bertz CT molecular complexity index is 822. The van der Waals surface area contributed by atoms with Crippen molar-refractivity contribution in [3.8, 4) is 5.75 Å². The van der Waals surface area contributed by atoms with Crippen molar-refractivity contribution in [2.75, 3.05) is 19.7 Å². The van der Waals surface area contributed by atoms with E-state index in [2.05, 4.69) is 32.6 Å². The number of hydrogen-bond donors (Lipinski definition) is 0. The van der Waals surface area contributed by atoms with Gasteiger partial charge in [0.2, 0.25) is 0 Å². The fraction of sp³-hybridized carbons (Fsp3) is 0.458. The van der Waals surface area contributed by atoms with Gasteiger partial charge in [0.25, 0.3) is 5.91 Å². The predicted octanol–water partition coefficient (Wildman–Crippen LogP) is 4.45. The van der Waals surface area contributed by atoms with Gasteiger partial charge in [-0.05, 0) is 49.1 Å². The van der Waals surface area contributed by atoms with Crippen LogP contribution in [0.3, 0.4) is 0 Å². The van der Waals surface area contributed by atoms with Gasteiger partial charge in [-0.1, -0.05) is 44.2 Å². The van der Waals surface area contributed by atoms with E-state index in [1.54, 1.807) is 0 Å². The Morgan fingerprint density at radius 1 is 1.07 bits per heavy atom. The number of nitrogens with zero attached hydrogens (tertiary/aromatic N) is 2. The molecule has 2 atom stereocenters. The van der Waals surface area contributed by atoms with Crippen LogP contribution in [0, 0.1) is 5.82 Å². The Balaban J connectivity index is 1.58. The number of carbonyl (C=O) groups excluding carboxylic acids is 1. The number of ether oxygens (including phenoxy) is 1. The van der Waals surface area contributed by atoms with Crippen LogP contribution in [-0.2, 0) is 11.3 Å². The number of hydrogen-bond acceptors (Lipinski definition) is 3. The molecule has 0 radical (unpaired) electrons. The third-order valence-corrected chi connectivity index (χ3v) is 5.63. The van der Waals surface area contributed by atoms with Crippen LogP contribution >= 0.6 is 0 Å². The highest BCUT2D eigenvalue weighted by molar-refractivity contribution is 5.78. The maximum absolute atomic E-state index is 13.1. The maximum Gasteiger partial charge on any atom is 0.260 e. The van der Waals surface area contributed by atoms with Crippen molar-refractivity contribution < 1.29 is 13.9 Å². The first-order valence-electron chi connectivity index (χ1n) is 10.3. The third kappa shape index (κ3) is 5.36. The molecule has 3 rings (SSSR count). The molecule has 5 heteroatoms. The lowest BCUT2D eigenvalue weighted by Crippen LogP contribution is -2.58. The van der Waals surface area contributed by atoms with E-state index < -0.39 is 0 Å². The van der Waals surface area contributed by atoms with Crippen LogP contribution in [-0.4, -0.2) is 47.5 Å². The zero-order valence-corrected chi connectivity index (χ0v) is 17.8. The molecule has 1 aliphatic rings. The fourth-order valence-electron chi connectivity index (χ4n) is 3.90. The van der Waals surface area contributed by atoms with Crippen molar-refractivity contribution in [1.29, 1.82) is 0 Å². The second-order valence-corrected chi connectivity index (χ2v) is 8.28. The average molecular weight is 399 g/mol. The van der Waals surface area contributed by atoms with Crippen molar-refractivity contribution in [3.05, 3.63) is 65.5 Å². The highest BCUT2D eigenvalue weighted by Crippen LogP contribution is 2.26. The van der Waals surface area contributed by atoms with Crippen molar-refractivity contribution in [3.63, 3.8) is 0 Å². The summed E-state index contributed by atoms with van der Waals surface area (Å²) >= 11 is 0. The lowest BCUT2D eigenvalue weighted by molar-refractivity contribution is -0.139. The molecule has 0 spiro atoms. The van der Waals surface area contributed by atoms with Gasteiger partial charge in [-0.15, -0.1) is 0 Å². The SMILES string of the molecule is CC(C)c1ccccc1OCC(=O)N1C[C@@H](C)N(Cc2ccc(F)cc2)C[C@@H]1C. The molecular formula is C24H31FN2O2. The standard InChI is InChI=1S/C24H31FN2O2/c1-17(2)22-7-5-6-8-23(22)29-16-24(28)27-14-18(3)26(13-19(27)4)15-20-9-11-21(25)12-10-20/h5-12,17-19H,13-16H2,1-4H3/t18-,19+/m1/s1. The summed E-state index contributed by atoms with van der Waals surface area (Å²) in [6, 6.07) is 14.9. The van der Waals surface area contributed by atoms with Gasteiger partial charge < -0.3 is 9.64 Å².